The molecule has 1 N–H and O–H groups in total. The second-order valence-electron chi connectivity index (χ2n) is 10.5. The van der Waals surface area contributed by atoms with Crippen molar-refractivity contribution in [3.8, 4) is 11.4 Å². The Balaban J connectivity index is 1.62. The van der Waals surface area contributed by atoms with Gasteiger partial charge in [-0.05, 0) is 55.2 Å². The monoisotopic (exact) mass is 497 g/mol. The first-order valence-corrected chi connectivity index (χ1v) is 12.4. The number of phenols is 1. The van der Waals surface area contributed by atoms with Crippen molar-refractivity contribution >= 4 is 11.6 Å². The van der Waals surface area contributed by atoms with E-state index in [1.165, 1.54) is 15.4 Å². The minimum atomic E-state index is -1.14. The highest BCUT2D eigenvalue weighted by molar-refractivity contribution is 6.13. The van der Waals surface area contributed by atoms with E-state index in [0.717, 1.165) is 10.1 Å². The summed E-state index contributed by atoms with van der Waals surface area (Å²) in [5.41, 5.74) is 0.713. The van der Waals surface area contributed by atoms with E-state index >= 15 is 0 Å². The number of phenolic OH excluding ortho intramolecular Hbond substituents is 1. The lowest BCUT2D eigenvalue weighted by Crippen LogP contribution is -2.54. The number of aromatic nitrogens is 3. The normalized spacial score (nSPS) is 26.6. The average molecular weight is 498 g/mol. The fourth-order valence-electron chi connectivity index (χ4n) is 6.60. The van der Waals surface area contributed by atoms with Crippen LogP contribution in [0.3, 0.4) is 0 Å². The number of rotatable bonds is 2. The van der Waals surface area contributed by atoms with Crippen LogP contribution in [0.15, 0.2) is 81.4 Å². The van der Waals surface area contributed by atoms with Gasteiger partial charge < -0.3 is 5.11 Å². The van der Waals surface area contributed by atoms with Gasteiger partial charge in [-0.15, -0.1) is 0 Å². The summed E-state index contributed by atoms with van der Waals surface area (Å²) in [6, 6.07) is 13.5. The van der Waals surface area contributed by atoms with Crippen molar-refractivity contribution in [1.29, 1.82) is 0 Å². The highest BCUT2D eigenvalue weighted by Gasteiger charge is 2.59. The summed E-state index contributed by atoms with van der Waals surface area (Å²) in [6.45, 7) is 5.36. The van der Waals surface area contributed by atoms with Crippen molar-refractivity contribution < 1.29 is 14.7 Å². The summed E-state index contributed by atoms with van der Waals surface area (Å²) in [6.07, 6.45) is 3.51. The molecule has 37 heavy (non-hydrogen) atoms. The maximum Gasteiger partial charge on any atom is 0.352 e. The Bertz CT molecular complexity index is 1670. The third kappa shape index (κ3) is 3.01. The highest BCUT2D eigenvalue weighted by Crippen LogP contribution is 2.60. The quantitative estimate of drug-likeness (QED) is 0.548. The summed E-state index contributed by atoms with van der Waals surface area (Å²) in [5, 5.41) is 11.1. The van der Waals surface area contributed by atoms with E-state index in [0.29, 0.717) is 22.4 Å². The van der Waals surface area contributed by atoms with E-state index in [1.54, 1.807) is 57.2 Å². The molecule has 188 valence electrons. The molecule has 0 bridgehead atoms. The Hall–Kier alpha value is -4.20. The number of ketones is 2. The number of carbonyl (C=O) groups excluding carboxylic acids is 2. The van der Waals surface area contributed by atoms with E-state index in [9.17, 15) is 24.3 Å². The van der Waals surface area contributed by atoms with E-state index in [-0.39, 0.29) is 30.3 Å². The number of Topliss-reactive ketones (excluding diaryl/α,β-unsaturated/α-hetero) is 1. The first-order valence-electron chi connectivity index (χ1n) is 12.4. The molecule has 0 amide bonds. The predicted octanol–water partition coefficient (Wildman–Crippen LogP) is 3.20. The highest BCUT2D eigenvalue weighted by atomic mass is 16.3. The molecule has 1 fully saturated rings. The molecule has 4 unspecified atom stereocenters. The molecule has 2 aromatic carbocycles. The van der Waals surface area contributed by atoms with Gasteiger partial charge in [0.05, 0.1) is 23.7 Å². The maximum absolute atomic E-state index is 13.8. The van der Waals surface area contributed by atoms with Gasteiger partial charge in [-0.3, -0.25) is 9.59 Å². The second kappa shape index (κ2) is 7.90. The number of fused-ring (bicyclic) bond motifs is 4. The first kappa shape index (κ1) is 23.2. The molecule has 3 aliphatic rings. The molecule has 1 aromatic heterocycles. The van der Waals surface area contributed by atoms with Gasteiger partial charge in [0.25, 0.3) is 0 Å². The lowest BCUT2D eigenvalue weighted by molar-refractivity contribution is -0.139. The number of hydrogen-bond donors (Lipinski definition) is 1. The van der Waals surface area contributed by atoms with Crippen LogP contribution >= 0.6 is 0 Å². The van der Waals surface area contributed by atoms with E-state index < -0.39 is 34.7 Å². The van der Waals surface area contributed by atoms with Crippen molar-refractivity contribution in [3.05, 3.63) is 104 Å². The number of hydrogen-bond acceptors (Lipinski definition) is 5. The van der Waals surface area contributed by atoms with Gasteiger partial charge >= 0.3 is 11.4 Å². The number of para-hydroxylation sites is 2. The van der Waals surface area contributed by atoms with Gasteiger partial charge in [0.1, 0.15) is 5.75 Å². The lowest BCUT2D eigenvalue weighted by Gasteiger charge is -2.52. The Morgan fingerprint density at radius 2 is 1.68 bits per heavy atom. The number of benzene rings is 2. The summed E-state index contributed by atoms with van der Waals surface area (Å²) in [7, 11) is 0. The van der Waals surface area contributed by atoms with Gasteiger partial charge in [-0.1, -0.05) is 49.4 Å². The van der Waals surface area contributed by atoms with E-state index in [1.807, 2.05) is 18.2 Å². The third-order valence-electron chi connectivity index (χ3n) is 8.53. The number of allylic oxidation sites excluding steroid dienone is 4. The molecule has 1 aliphatic heterocycles. The molecule has 1 saturated carbocycles. The number of carbonyl (C=O) groups is 2. The van der Waals surface area contributed by atoms with Crippen LogP contribution in [0.1, 0.15) is 43.4 Å². The third-order valence-corrected chi connectivity index (χ3v) is 8.53. The molecule has 0 saturated heterocycles. The van der Waals surface area contributed by atoms with Gasteiger partial charge in [0.15, 0.2) is 11.6 Å². The fraction of sp³-hybridized carbons (Fsp3) is 0.310. The zero-order valence-electron chi connectivity index (χ0n) is 20.8. The standard InChI is InChI=1S/C29H27N3O5/c1-16-8-7-11-20(25(16)34)24-19-12-13-30-27(36)31(18-9-5-4-6-10-18)28(37)32(30)22(19)15-21-26(35)17(2)14-23(33)29(21,24)3/h4-12,14,21-22,24,34H,13,15H2,1-3H3. The zero-order valence-corrected chi connectivity index (χ0v) is 20.8. The number of aryl methyl sites for hydroxylation is 1. The van der Waals surface area contributed by atoms with Gasteiger partial charge in [-0.25, -0.2) is 23.5 Å². The van der Waals surface area contributed by atoms with E-state index in [2.05, 4.69) is 0 Å². The summed E-state index contributed by atoms with van der Waals surface area (Å²) < 4.78 is 3.98. The van der Waals surface area contributed by atoms with Crippen molar-refractivity contribution in [1.82, 2.24) is 13.9 Å². The molecular weight excluding hydrogens is 470 g/mol. The minimum absolute atomic E-state index is 0.0673. The lowest BCUT2D eigenvalue weighted by atomic mass is 9.51. The summed E-state index contributed by atoms with van der Waals surface area (Å²) in [4.78, 5) is 54.3. The Morgan fingerprint density at radius 1 is 0.946 bits per heavy atom. The molecule has 6 rings (SSSR count). The average Bonchev–Trinajstić information content (AvgIpc) is 3.14. The van der Waals surface area contributed by atoms with Crippen LogP contribution in [0.25, 0.3) is 5.69 Å². The number of nitrogens with zero attached hydrogens (tertiary/aromatic N) is 3. The minimum Gasteiger partial charge on any atom is -0.507 e. The van der Waals surface area contributed by atoms with Gasteiger partial charge in [-0.2, -0.15) is 0 Å². The van der Waals surface area contributed by atoms with Crippen LogP contribution in [0.5, 0.6) is 5.75 Å². The molecule has 0 radical (unpaired) electrons. The summed E-state index contributed by atoms with van der Waals surface area (Å²) >= 11 is 0. The Kier molecular flexibility index (Phi) is 4.96. The van der Waals surface area contributed by atoms with Gasteiger partial charge in [0, 0.05) is 17.4 Å². The smallest absolute Gasteiger partial charge is 0.352 e. The maximum atomic E-state index is 13.8. The first-order chi connectivity index (χ1) is 17.7. The predicted molar refractivity (Wildman–Crippen MR) is 137 cm³/mol. The van der Waals surface area contributed by atoms with Crippen LogP contribution in [0.4, 0.5) is 0 Å². The molecule has 3 aromatic rings. The van der Waals surface area contributed by atoms with Crippen LogP contribution in [-0.4, -0.2) is 30.6 Å². The molecule has 8 nitrogen and oxygen atoms in total. The molecule has 0 spiro atoms. The SMILES string of the molecule is CC1=CC(=O)C2(C)C(CC3C(=CCn4c(=O)n(-c5ccccc5)c(=O)n43)C2c2cccc(C)c2O)C1=O. The second-order valence-corrected chi connectivity index (χ2v) is 10.5. The molecule has 8 heteroatoms. The Labute approximate surface area is 212 Å². The zero-order chi connectivity index (χ0) is 26.2. The van der Waals surface area contributed by atoms with Crippen molar-refractivity contribution in [2.45, 2.75) is 45.7 Å². The van der Waals surface area contributed by atoms with Crippen LogP contribution in [0.2, 0.25) is 0 Å². The molecule has 2 heterocycles. The van der Waals surface area contributed by atoms with E-state index in [4.69, 9.17) is 0 Å². The summed E-state index contributed by atoms with van der Waals surface area (Å²) in [5.74, 6) is -1.61. The fourth-order valence-corrected chi connectivity index (χ4v) is 6.60. The van der Waals surface area contributed by atoms with Gasteiger partial charge in [0.2, 0.25) is 0 Å². The van der Waals surface area contributed by atoms with Crippen molar-refractivity contribution in [2.24, 2.45) is 11.3 Å². The molecule has 4 atom stereocenters. The topological polar surface area (TPSA) is 103 Å². The Morgan fingerprint density at radius 3 is 2.41 bits per heavy atom. The van der Waals surface area contributed by atoms with Crippen molar-refractivity contribution in [3.63, 3.8) is 0 Å². The van der Waals surface area contributed by atoms with Crippen molar-refractivity contribution in [2.75, 3.05) is 0 Å². The number of aromatic hydroxyl groups is 1. The largest absolute Gasteiger partial charge is 0.507 e. The van der Waals surface area contributed by atoms with Crippen LogP contribution < -0.4 is 11.4 Å². The molecule has 2 aliphatic carbocycles. The van der Waals surface area contributed by atoms with Crippen LogP contribution in [-0.2, 0) is 16.1 Å². The van der Waals surface area contributed by atoms with Crippen LogP contribution in [0, 0.1) is 18.3 Å². The molecular formula is C29H27N3O5.